The van der Waals surface area contributed by atoms with Gasteiger partial charge in [-0.15, -0.1) is 0 Å². The van der Waals surface area contributed by atoms with Crippen molar-refractivity contribution >= 4 is 5.78 Å². The third-order valence-electron chi connectivity index (χ3n) is 3.09. The molecular weight excluding hydrogens is 218 g/mol. The van der Waals surface area contributed by atoms with Crippen LogP contribution < -0.4 is 0 Å². The van der Waals surface area contributed by atoms with Gasteiger partial charge in [0.25, 0.3) is 0 Å². The van der Waals surface area contributed by atoms with Crippen molar-refractivity contribution in [3.63, 3.8) is 0 Å². The molecule has 0 N–H and O–H groups in total. The Labute approximate surface area is 98.4 Å². The second-order valence-electron chi connectivity index (χ2n) is 4.35. The van der Waals surface area contributed by atoms with Gasteiger partial charge >= 0.3 is 0 Å². The first-order valence-corrected chi connectivity index (χ1v) is 5.80. The number of hydrogen-bond acceptors (Lipinski definition) is 4. The van der Waals surface area contributed by atoms with Gasteiger partial charge in [0.15, 0.2) is 11.6 Å². The summed E-state index contributed by atoms with van der Waals surface area (Å²) in [5, 5.41) is 3.76. The second-order valence-corrected chi connectivity index (χ2v) is 4.35. The van der Waals surface area contributed by atoms with E-state index in [0.29, 0.717) is 18.8 Å². The van der Waals surface area contributed by atoms with Crippen LogP contribution in [0, 0.1) is 0 Å². The van der Waals surface area contributed by atoms with E-state index in [0.717, 1.165) is 30.4 Å². The first kappa shape index (κ1) is 10.3. The Morgan fingerprint density at radius 3 is 3.00 bits per heavy atom. The number of aryl methyl sites for hydroxylation is 1. The molecule has 1 aliphatic rings. The average Bonchev–Trinajstić information content (AvgIpc) is 2.92. The summed E-state index contributed by atoms with van der Waals surface area (Å²) in [5.74, 6) is 0.881. The lowest BCUT2D eigenvalue weighted by atomic mass is 10.1. The highest BCUT2D eigenvalue weighted by Gasteiger charge is 2.17. The zero-order valence-corrected chi connectivity index (χ0v) is 9.43. The minimum atomic E-state index is 0.254. The summed E-state index contributed by atoms with van der Waals surface area (Å²) >= 11 is 0. The molecule has 5 nitrogen and oxygen atoms in total. The van der Waals surface area contributed by atoms with Gasteiger partial charge in [-0.1, -0.05) is 5.16 Å². The van der Waals surface area contributed by atoms with Gasteiger partial charge in [-0.25, -0.2) is 0 Å². The zero-order chi connectivity index (χ0) is 11.7. The molecule has 2 aromatic rings. The Balaban J connectivity index is 1.88. The minimum Gasteiger partial charge on any atom is -0.346 e. The number of fused-ring (bicyclic) bond motifs is 1. The molecule has 0 saturated heterocycles. The van der Waals surface area contributed by atoms with Gasteiger partial charge in [-0.3, -0.25) is 4.79 Å². The number of ketones is 1. The number of hydrogen-bond donors (Lipinski definition) is 0. The van der Waals surface area contributed by atoms with E-state index in [9.17, 15) is 4.79 Å². The first-order chi connectivity index (χ1) is 8.33. The van der Waals surface area contributed by atoms with Crippen LogP contribution in [-0.2, 0) is 13.0 Å². The van der Waals surface area contributed by atoms with Crippen molar-refractivity contribution < 1.29 is 9.32 Å². The maximum absolute atomic E-state index is 11.9. The summed E-state index contributed by atoms with van der Waals surface area (Å²) in [7, 11) is 0. The Hall–Kier alpha value is -1.91. The van der Waals surface area contributed by atoms with Crippen LogP contribution in [0.3, 0.4) is 0 Å². The Morgan fingerprint density at radius 2 is 2.18 bits per heavy atom. The molecule has 0 radical (unpaired) electrons. The van der Waals surface area contributed by atoms with Crippen LogP contribution in [0.5, 0.6) is 0 Å². The summed E-state index contributed by atoms with van der Waals surface area (Å²) in [4.78, 5) is 15.8. The molecule has 5 heteroatoms. The monoisotopic (exact) mass is 231 g/mol. The first-order valence-electron chi connectivity index (χ1n) is 5.80. The summed E-state index contributed by atoms with van der Waals surface area (Å²) in [6.45, 7) is 0.552. The Morgan fingerprint density at radius 1 is 1.29 bits per heavy atom. The van der Waals surface area contributed by atoms with Crippen molar-refractivity contribution in [1.82, 2.24) is 14.7 Å². The van der Waals surface area contributed by atoms with Gasteiger partial charge in [0.2, 0.25) is 6.39 Å². The lowest BCUT2D eigenvalue weighted by Crippen LogP contribution is -2.00. The molecule has 3 rings (SSSR count). The highest BCUT2D eigenvalue weighted by Crippen LogP contribution is 2.21. The predicted molar refractivity (Wildman–Crippen MR) is 59.7 cm³/mol. The van der Waals surface area contributed by atoms with Gasteiger partial charge in [-0.05, 0) is 24.8 Å². The molecule has 0 spiro atoms. The zero-order valence-electron chi connectivity index (χ0n) is 9.43. The van der Waals surface area contributed by atoms with Crippen LogP contribution in [0.1, 0.15) is 41.0 Å². The fourth-order valence-corrected chi connectivity index (χ4v) is 2.26. The normalized spacial score (nSPS) is 15.6. The topological polar surface area (TPSA) is 60.9 Å². The molecule has 0 atom stereocenters. The molecule has 88 valence electrons. The van der Waals surface area contributed by atoms with Crippen LogP contribution >= 0.6 is 0 Å². The molecule has 1 aliphatic carbocycles. The Bertz CT molecular complexity index is 528. The van der Waals surface area contributed by atoms with E-state index in [1.54, 1.807) is 0 Å². The van der Waals surface area contributed by atoms with E-state index in [-0.39, 0.29) is 5.78 Å². The number of carbonyl (C=O) groups is 1. The molecular formula is C12H13N3O2. The molecule has 0 unspecified atom stereocenters. The van der Waals surface area contributed by atoms with Crippen molar-refractivity contribution in [3.05, 3.63) is 35.7 Å². The third-order valence-corrected chi connectivity index (χ3v) is 3.09. The van der Waals surface area contributed by atoms with Crippen molar-refractivity contribution in [2.45, 2.75) is 32.2 Å². The maximum Gasteiger partial charge on any atom is 0.213 e. The van der Waals surface area contributed by atoms with Crippen LogP contribution in [0.4, 0.5) is 0 Å². The van der Waals surface area contributed by atoms with E-state index in [4.69, 9.17) is 0 Å². The molecule has 0 aromatic carbocycles. The van der Waals surface area contributed by atoms with E-state index >= 15 is 0 Å². The predicted octanol–water partition coefficient (Wildman–Crippen LogP) is 1.83. The van der Waals surface area contributed by atoms with Crippen molar-refractivity contribution in [3.8, 4) is 0 Å². The van der Waals surface area contributed by atoms with Crippen LogP contribution in [0.25, 0.3) is 0 Å². The number of rotatable bonds is 2. The van der Waals surface area contributed by atoms with Crippen LogP contribution in [0.2, 0.25) is 0 Å². The quantitative estimate of drug-likeness (QED) is 0.740. The van der Waals surface area contributed by atoms with Gasteiger partial charge in [-0.2, -0.15) is 4.98 Å². The molecule has 17 heavy (non-hydrogen) atoms. The summed E-state index contributed by atoms with van der Waals surface area (Å²) < 4.78 is 6.65. The minimum absolute atomic E-state index is 0.254. The summed E-state index contributed by atoms with van der Waals surface area (Å²) in [6, 6.07) is 0. The molecule has 0 amide bonds. The van der Waals surface area contributed by atoms with Gasteiger partial charge in [0, 0.05) is 24.4 Å². The lowest BCUT2D eigenvalue weighted by molar-refractivity contribution is 0.0982. The molecule has 2 aromatic heterocycles. The van der Waals surface area contributed by atoms with E-state index < -0.39 is 0 Å². The fourth-order valence-electron chi connectivity index (χ4n) is 2.26. The Kier molecular flexibility index (Phi) is 2.51. The maximum atomic E-state index is 11.9. The van der Waals surface area contributed by atoms with Gasteiger partial charge in [0.05, 0.1) is 6.54 Å². The largest absolute Gasteiger partial charge is 0.346 e. The molecule has 0 fully saturated rings. The second kappa shape index (κ2) is 4.16. The van der Waals surface area contributed by atoms with E-state index in [1.165, 1.54) is 6.39 Å². The number of carbonyl (C=O) groups excluding carboxylic acids is 1. The summed E-state index contributed by atoms with van der Waals surface area (Å²) in [5.41, 5.74) is 2.02. The molecule has 0 saturated carbocycles. The SMILES string of the molecule is O=C1CCCCc2cn(Cc3ncon3)cc21. The van der Waals surface area contributed by atoms with Gasteiger partial charge < -0.3 is 9.09 Å². The van der Waals surface area contributed by atoms with Crippen LogP contribution in [0.15, 0.2) is 23.3 Å². The number of aromatic nitrogens is 3. The number of Topliss-reactive ketones (excluding diaryl/α,β-unsaturated/α-hetero) is 1. The fraction of sp³-hybridized carbons (Fsp3) is 0.417. The van der Waals surface area contributed by atoms with Gasteiger partial charge in [0.1, 0.15) is 0 Å². The average molecular weight is 231 g/mol. The summed E-state index contributed by atoms with van der Waals surface area (Å²) in [6.07, 6.45) is 8.98. The van der Waals surface area contributed by atoms with Crippen molar-refractivity contribution in [2.75, 3.05) is 0 Å². The highest BCUT2D eigenvalue weighted by atomic mass is 16.5. The van der Waals surface area contributed by atoms with E-state index in [2.05, 4.69) is 14.7 Å². The smallest absolute Gasteiger partial charge is 0.213 e. The van der Waals surface area contributed by atoms with E-state index in [1.807, 2.05) is 17.0 Å². The van der Waals surface area contributed by atoms with Crippen LogP contribution in [-0.4, -0.2) is 20.5 Å². The highest BCUT2D eigenvalue weighted by molar-refractivity contribution is 5.97. The molecule has 0 aliphatic heterocycles. The van der Waals surface area contributed by atoms with Crippen molar-refractivity contribution in [2.24, 2.45) is 0 Å². The van der Waals surface area contributed by atoms with Crippen molar-refractivity contribution in [1.29, 1.82) is 0 Å². The number of nitrogens with zero attached hydrogens (tertiary/aromatic N) is 3. The lowest BCUT2D eigenvalue weighted by Gasteiger charge is -1.97. The molecule has 0 bridgehead atoms. The third kappa shape index (κ3) is 2.00. The standard InChI is InChI=1S/C12H13N3O2/c16-11-4-2-1-3-9-5-15(6-10(9)11)7-12-13-8-17-14-12/h5-6,8H,1-4,7H2. The molecule has 2 heterocycles.